The van der Waals surface area contributed by atoms with Crippen molar-refractivity contribution in [3.63, 3.8) is 0 Å². The van der Waals surface area contributed by atoms with Gasteiger partial charge in [0.25, 0.3) is 0 Å². The molecule has 0 radical (unpaired) electrons. The summed E-state index contributed by atoms with van der Waals surface area (Å²) in [4.78, 5) is 5.63. The lowest BCUT2D eigenvalue weighted by molar-refractivity contribution is 1.32. The fourth-order valence-electron chi connectivity index (χ4n) is 3.21. The van der Waals surface area contributed by atoms with Gasteiger partial charge >= 0.3 is 0 Å². The maximum absolute atomic E-state index is 2.37. The molecule has 2 aromatic carbocycles. The van der Waals surface area contributed by atoms with Gasteiger partial charge in [0.2, 0.25) is 0 Å². The van der Waals surface area contributed by atoms with Crippen molar-refractivity contribution in [2.75, 3.05) is 0 Å². The van der Waals surface area contributed by atoms with Crippen LogP contribution in [0.25, 0.3) is 22.9 Å². The van der Waals surface area contributed by atoms with E-state index in [0.717, 1.165) is 0 Å². The number of rotatable bonds is 0. The summed E-state index contributed by atoms with van der Waals surface area (Å²) in [5, 5.41) is 2.93. The Labute approximate surface area is 128 Å². The summed E-state index contributed by atoms with van der Waals surface area (Å²) in [6.07, 6.45) is 4.70. The van der Waals surface area contributed by atoms with Gasteiger partial charge in [0.1, 0.15) is 0 Å². The van der Waals surface area contributed by atoms with Gasteiger partial charge in [0.15, 0.2) is 0 Å². The quantitative estimate of drug-likeness (QED) is 0.552. The van der Waals surface area contributed by atoms with Crippen LogP contribution in [-0.4, -0.2) is 0 Å². The third-order valence-electron chi connectivity index (χ3n) is 4.06. The molecule has 2 aromatic rings. The average Bonchev–Trinajstić information content (AvgIpc) is 2.37. The smallest absolute Gasteiger partial charge is 0.0207 e. The van der Waals surface area contributed by atoms with Gasteiger partial charge in [0, 0.05) is 20.6 Å². The molecule has 0 atom stereocenters. The highest BCUT2D eigenvalue weighted by molar-refractivity contribution is 8.04. The maximum Gasteiger partial charge on any atom is 0.0207 e. The van der Waals surface area contributed by atoms with Crippen LogP contribution in [-0.2, 0) is 0 Å². The van der Waals surface area contributed by atoms with Crippen molar-refractivity contribution >= 4 is 46.4 Å². The van der Waals surface area contributed by atoms with E-state index in [9.17, 15) is 0 Å². The minimum atomic E-state index is 1.39. The average molecular weight is 296 g/mol. The predicted octanol–water partition coefficient (Wildman–Crippen LogP) is 6.39. The fourth-order valence-corrected chi connectivity index (χ4v) is 5.36. The van der Waals surface area contributed by atoms with Crippen LogP contribution in [0, 0.1) is 13.8 Å². The summed E-state index contributed by atoms with van der Waals surface area (Å²) in [7, 11) is 0. The van der Waals surface area contributed by atoms with Gasteiger partial charge in [-0.05, 0) is 84.0 Å². The molecule has 100 valence electrons. The summed E-state index contributed by atoms with van der Waals surface area (Å²) in [6, 6.07) is 4.73. The molecular weight excluding hydrogens is 280 g/mol. The zero-order valence-electron chi connectivity index (χ0n) is 12.1. The Bertz CT molecular complexity index is 767. The summed E-state index contributed by atoms with van der Waals surface area (Å²) < 4.78 is 0. The van der Waals surface area contributed by atoms with E-state index in [0.29, 0.717) is 0 Å². The first-order chi connectivity index (χ1) is 9.54. The summed E-state index contributed by atoms with van der Waals surface area (Å²) >= 11 is 3.82. The molecule has 0 aliphatic carbocycles. The second kappa shape index (κ2) is 4.19. The third kappa shape index (κ3) is 1.64. The molecule has 0 spiro atoms. The first-order valence-electron chi connectivity index (χ1n) is 6.88. The Kier molecular flexibility index (Phi) is 2.64. The van der Waals surface area contributed by atoms with E-state index >= 15 is 0 Å². The van der Waals surface area contributed by atoms with E-state index in [4.69, 9.17) is 0 Å². The van der Waals surface area contributed by atoms with Crippen molar-refractivity contribution in [3.8, 4) is 0 Å². The van der Waals surface area contributed by atoms with E-state index in [1.165, 1.54) is 52.6 Å². The molecule has 0 saturated heterocycles. The Morgan fingerprint density at radius 3 is 1.45 bits per heavy atom. The number of hydrogen-bond acceptors (Lipinski definition) is 2. The van der Waals surface area contributed by atoms with Crippen LogP contribution in [0.1, 0.15) is 36.1 Å². The molecule has 4 rings (SSSR count). The van der Waals surface area contributed by atoms with E-state index in [1.54, 1.807) is 0 Å². The molecule has 0 unspecified atom stereocenters. The van der Waals surface area contributed by atoms with Gasteiger partial charge in [-0.25, -0.2) is 0 Å². The van der Waals surface area contributed by atoms with E-state index in [2.05, 4.69) is 52.0 Å². The van der Waals surface area contributed by atoms with E-state index in [-0.39, 0.29) is 0 Å². The van der Waals surface area contributed by atoms with Gasteiger partial charge in [0.05, 0.1) is 0 Å². The maximum atomic E-state index is 2.37. The SMILES string of the molecule is CC1=Cc2c(C)cc3c4c(c(C)cc(c24)S1)C=C(C)S3. The van der Waals surface area contributed by atoms with Gasteiger partial charge < -0.3 is 0 Å². The monoisotopic (exact) mass is 296 g/mol. The summed E-state index contributed by atoms with van der Waals surface area (Å²) in [5.41, 5.74) is 5.63. The number of aryl methyl sites for hydroxylation is 2. The molecule has 0 aromatic heterocycles. The van der Waals surface area contributed by atoms with Crippen molar-refractivity contribution in [2.45, 2.75) is 37.5 Å². The second-order valence-corrected chi connectivity index (χ2v) is 8.25. The molecule has 0 fully saturated rings. The summed E-state index contributed by atoms with van der Waals surface area (Å²) in [6.45, 7) is 8.90. The van der Waals surface area contributed by atoms with Crippen molar-refractivity contribution in [1.29, 1.82) is 0 Å². The zero-order chi connectivity index (χ0) is 14.0. The molecular formula is C18H16S2. The highest BCUT2D eigenvalue weighted by Gasteiger charge is 2.22. The van der Waals surface area contributed by atoms with Crippen LogP contribution in [0.15, 0.2) is 31.7 Å². The largest absolute Gasteiger partial charge is 0.0941 e. The molecule has 0 amide bonds. The molecule has 2 aliphatic rings. The minimum absolute atomic E-state index is 1.39. The normalized spacial score (nSPS) is 16.2. The highest BCUT2D eigenvalue weighted by Crippen LogP contribution is 2.50. The topological polar surface area (TPSA) is 0 Å². The molecule has 0 nitrogen and oxygen atoms in total. The molecule has 0 N–H and O–H groups in total. The Balaban J connectivity index is 2.27. The van der Waals surface area contributed by atoms with Crippen LogP contribution >= 0.6 is 23.5 Å². The fraction of sp³-hybridized carbons (Fsp3) is 0.222. The molecule has 2 aliphatic heterocycles. The van der Waals surface area contributed by atoms with Crippen LogP contribution in [0.5, 0.6) is 0 Å². The first-order valence-corrected chi connectivity index (χ1v) is 8.51. The Hall–Kier alpha value is -1.12. The Morgan fingerprint density at radius 2 is 1.05 bits per heavy atom. The van der Waals surface area contributed by atoms with Crippen molar-refractivity contribution < 1.29 is 0 Å². The summed E-state index contributed by atoms with van der Waals surface area (Å²) in [5.74, 6) is 0. The molecule has 0 bridgehead atoms. The van der Waals surface area contributed by atoms with E-state index < -0.39 is 0 Å². The van der Waals surface area contributed by atoms with Crippen molar-refractivity contribution in [1.82, 2.24) is 0 Å². The van der Waals surface area contributed by atoms with E-state index in [1.807, 2.05) is 23.5 Å². The first kappa shape index (κ1) is 12.6. The number of benzene rings is 2. The minimum Gasteiger partial charge on any atom is -0.0941 e. The van der Waals surface area contributed by atoms with Gasteiger partial charge in [-0.1, -0.05) is 23.5 Å². The Morgan fingerprint density at radius 1 is 0.650 bits per heavy atom. The van der Waals surface area contributed by atoms with Gasteiger partial charge in [-0.3, -0.25) is 0 Å². The number of hydrogen-bond donors (Lipinski definition) is 0. The third-order valence-corrected chi connectivity index (χ3v) is 6.03. The van der Waals surface area contributed by atoms with Crippen molar-refractivity contribution in [3.05, 3.63) is 44.2 Å². The lowest BCUT2D eigenvalue weighted by atomic mass is 9.92. The number of allylic oxidation sites excluding steroid dienone is 2. The number of thioether (sulfide) groups is 2. The van der Waals surface area contributed by atoms with Gasteiger partial charge in [-0.2, -0.15) is 0 Å². The molecule has 20 heavy (non-hydrogen) atoms. The highest BCUT2D eigenvalue weighted by atomic mass is 32.2. The molecule has 0 saturated carbocycles. The second-order valence-electron chi connectivity index (χ2n) is 5.67. The molecule has 2 heterocycles. The van der Waals surface area contributed by atoms with Crippen molar-refractivity contribution in [2.24, 2.45) is 0 Å². The van der Waals surface area contributed by atoms with Crippen LogP contribution in [0.4, 0.5) is 0 Å². The van der Waals surface area contributed by atoms with Crippen LogP contribution in [0.2, 0.25) is 0 Å². The molecule has 2 heteroatoms. The van der Waals surface area contributed by atoms with Gasteiger partial charge in [-0.15, -0.1) is 0 Å². The lowest BCUT2D eigenvalue weighted by Crippen LogP contribution is -2.00. The standard InChI is InChI=1S/C18H16S2/c1-9-5-15-18-14(8-12(4)19-15)10(2)6-16-17(18)13(9)7-11(3)20-16/h5-8H,1-4H3. The predicted molar refractivity (Wildman–Crippen MR) is 92.4 cm³/mol. The van der Waals surface area contributed by atoms with Crippen LogP contribution in [0.3, 0.4) is 0 Å². The zero-order valence-corrected chi connectivity index (χ0v) is 13.8. The van der Waals surface area contributed by atoms with Crippen LogP contribution < -0.4 is 0 Å². The lowest BCUT2D eigenvalue weighted by Gasteiger charge is -2.25.